The summed E-state index contributed by atoms with van der Waals surface area (Å²) in [7, 11) is 0. The van der Waals surface area contributed by atoms with Gasteiger partial charge in [0.1, 0.15) is 0 Å². The Hall–Kier alpha value is -1.75. The molecule has 0 aromatic carbocycles. The van der Waals surface area contributed by atoms with Gasteiger partial charge in [-0.2, -0.15) is 0 Å². The molecule has 0 amide bonds. The first-order chi connectivity index (χ1) is 8.63. The average molecular weight is 245 g/mol. The van der Waals surface area contributed by atoms with Crippen LogP contribution in [-0.2, 0) is 13.1 Å². The number of pyridine rings is 1. The summed E-state index contributed by atoms with van der Waals surface area (Å²) in [4.78, 5) is 4.45. The van der Waals surface area contributed by atoms with Crippen LogP contribution >= 0.6 is 0 Å². The molecule has 18 heavy (non-hydrogen) atoms. The third kappa shape index (κ3) is 3.63. The second-order valence-corrected chi connectivity index (χ2v) is 4.71. The fourth-order valence-electron chi connectivity index (χ4n) is 1.66. The van der Waals surface area contributed by atoms with Crippen molar-refractivity contribution in [1.29, 1.82) is 0 Å². The van der Waals surface area contributed by atoms with E-state index in [-0.39, 0.29) is 0 Å². The average Bonchev–Trinajstić information content (AvgIpc) is 2.74. The van der Waals surface area contributed by atoms with Gasteiger partial charge in [-0.1, -0.05) is 25.1 Å². The van der Waals surface area contributed by atoms with Crippen molar-refractivity contribution in [2.24, 2.45) is 0 Å². The Bertz CT molecular complexity index is 504. The van der Waals surface area contributed by atoms with Gasteiger partial charge in [-0.05, 0) is 19.1 Å². The van der Waals surface area contributed by atoms with Crippen molar-refractivity contribution in [3.8, 4) is 0 Å². The van der Waals surface area contributed by atoms with Crippen molar-refractivity contribution in [3.63, 3.8) is 0 Å². The van der Waals surface area contributed by atoms with Crippen LogP contribution in [0.3, 0.4) is 0 Å². The molecule has 0 fully saturated rings. The van der Waals surface area contributed by atoms with E-state index >= 15 is 0 Å². The van der Waals surface area contributed by atoms with Gasteiger partial charge >= 0.3 is 0 Å². The van der Waals surface area contributed by atoms with Gasteiger partial charge in [-0.25, -0.2) is 4.68 Å². The standard InChI is InChI=1S/C13H19N5/c1-10(2)14-7-13-9-18(17-16-13)8-12-6-4-5-11(3)15-12/h4-6,9-10,14H,7-8H2,1-3H3. The van der Waals surface area contributed by atoms with E-state index in [2.05, 4.69) is 34.5 Å². The predicted molar refractivity (Wildman–Crippen MR) is 70.1 cm³/mol. The number of hydrogen-bond acceptors (Lipinski definition) is 4. The van der Waals surface area contributed by atoms with Crippen LogP contribution in [0, 0.1) is 6.92 Å². The van der Waals surface area contributed by atoms with Crippen LogP contribution in [0.4, 0.5) is 0 Å². The normalized spacial score (nSPS) is 11.1. The summed E-state index contributed by atoms with van der Waals surface area (Å²) in [6.45, 7) is 7.63. The fourth-order valence-corrected chi connectivity index (χ4v) is 1.66. The maximum atomic E-state index is 4.45. The van der Waals surface area contributed by atoms with E-state index < -0.39 is 0 Å². The number of hydrogen-bond donors (Lipinski definition) is 1. The predicted octanol–water partition coefficient (Wildman–Crippen LogP) is 1.53. The molecule has 0 aliphatic carbocycles. The van der Waals surface area contributed by atoms with Crippen LogP contribution in [0.5, 0.6) is 0 Å². The molecule has 0 saturated carbocycles. The van der Waals surface area contributed by atoms with Crippen LogP contribution < -0.4 is 5.32 Å². The zero-order valence-electron chi connectivity index (χ0n) is 11.1. The van der Waals surface area contributed by atoms with Crippen molar-refractivity contribution in [2.75, 3.05) is 0 Å². The molecule has 5 nitrogen and oxygen atoms in total. The van der Waals surface area contributed by atoms with E-state index in [4.69, 9.17) is 0 Å². The molecule has 0 radical (unpaired) electrons. The number of nitrogens with zero attached hydrogens (tertiary/aromatic N) is 4. The molecular weight excluding hydrogens is 226 g/mol. The fraction of sp³-hybridized carbons (Fsp3) is 0.462. The molecule has 0 atom stereocenters. The highest BCUT2D eigenvalue weighted by atomic mass is 15.4. The van der Waals surface area contributed by atoms with Crippen LogP contribution in [0.25, 0.3) is 0 Å². The van der Waals surface area contributed by atoms with Gasteiger partial charge in [0.25, 0.3) is 0 Å². The molecular formula is C13H19N5. The lowest BCUT2D eigenvalue weighted by atomic mass is 10.3. The highest BCUT2D eigenvalue weighted by Gasteiger charge is 2.03. The maximum Gasteiger partial charge on any atom is 0.0965 e. The Kier molecular flexibility index (Phi) is 4.04. The Balaban J connectivity index is 1.98. The van der Waals surface area contributed by atoms with E-state index in [1.165, 1.54) is 0 Å². The Morgan fingerprint density at radius 2 is 2.11 bits per heavy atom. The Morgan fingerprint density at radius 1 is 1.28 bits per heavy atom. The minimum Gasteiger partial charge on any atom is -0.309 e. The summed E-state index contributed by atoms with van der Waals surface area (Å²) < 4.78 is 1.82. The topological polar surface area (TPSA) is 55.6 Å². The smallest absolute Gasteiger partial charge is 0.0965 e. The first-order valence-corrected chi connectivity index (χ1v) is 6.18. The highest BCUT2D eigenvalue weighted by molar-refractivity contribution is 5.10. The number of aromatic nitrogens is 4. The van der Waals surface area contributed by atoms with E-state index in [1.54, 1.807) is 0 Å². The molecule has 2 aromatic heterocycles. The molecule has 0 spiro atoms. The zero-order chi connectivity index (χ0) is 13.0. The molecule has 2 aromatic rings. The molecule has 0 bridgehead atoms. The Labute approximate surface area is 107 Å². The van der Waals surface area contributed by atoms with Gasteiger partial charge < -0.3 is 5.32 Å². The zero-order valence-corrected chi connectivity index (χ0v) is 11.1. The summed E-state index contributed by atoms with van der Waals surface area (Å²) in [5.74, 6) is 0. The monoisotopic (exact) mass is 245 g/mol. The molecule has 0 unspecified atom stereocenters. The molecule has 0 aliphatic rings. The minimum absolute atomic E-state index is 0.452. The Morgan fingerprint density at radius 3 is 2.83 bits per heavy atom. The van der Waals surface area contributed by atoms with E-state index in [9.17, 15) is 0 Å². The molecule has 96 valence electrons. The van der Waals surface area contributed by atoms with Crippen LogP contribution in [0.1, 0.15) is 30.9 Å². The number of aryl methyl sites for hydroxylation is 1. The summed E-state index contributed by atoms with van der Waals surface area (Å²) in [6, 6.07) is 6.45. The van der Waals surface area contributed by atoms with Gasteiger partial charge in [-0.3, -0.25) is 4.98 Å². The second-order valence-electron chi connectivity index (χ2n) is 4.71. The first kappa shape index (κ1) is 12.7. The summed E-state index contributed by atoms with van der Waals surface area (Å²) in [5, 5.41) is 11.6. The largest absolute Gasteiger partial charge is 0.309 e. The lowest BCUT2D eigenvalue weighted by Crippen LogP contribution is -2.21. The lowest BCUT2D eigenvalue weighted by Gasteiger charge is -2.04. The number of rotatable bonds is 5. The van der Waals surface area contributed by atoms with Gasteiger partial charge in [0.15, 0.2) is 0 Å². The molecule has 0 saturated heterocycles. The minimum atomic E-state index is 0.452. The summed E-state index contributed by atoms with van der Waals surface area (Å²) in [5.41, 5.74) is 2.98. The third-order valence-electron chi connectivity index (χ3n) is 2.55. The highest BCUT2D eigenvalue weighted by Crippen LogP contribution is 2.01. The summed E-state index contributed by atoms with van der Waals surface area (Å²) in [6.07, 6.45) is 1.96. The van der Waals surface area contributed by atoms with Crippen molar-refractivity contribution in [2.45, 2.75) is 39.9 Å². The van der Waals surface area contributed by atoms with E-state index in [1.807, 2.05) is 36.0 Å². The molecule has 1 N–H and O–H groups in total. The van der Waals surface area contributed by atoms with Crippen LogP contribution in [-0.4, -0.2) is 26.0 Å². The molecule has 0 aliphatic heterocycles. The second kappa shape index (κ2) is 5.73. The quantitative estimate of drug-likeness (QED) is 0.868. The van der Waals surface area contributed by atoms with Gasteiger partial charge in [0.05, 0.1) is 24.1 Å². The third-order valence-corrected chi connectivity index (χ3v) is 2.55. The molecule has 5 heteroatoms. The van der Waals surface area contributed by atoms with Crippen LogP contribution in [0.15, 0.2) is 24.4 Å². The number of nitrogens with one attached hydrogen (secondary N) is 1. The van der Waals surface area contributed by atoms with Crippen molar-refractivity contribution in [3.05, 3.63) is 41.5 Å². The van der Waals surface area contributed by atoms with E-state index in [0.717, 1.165) is 23.6 Å². The summed E-state index contributed by atoms with van der Waals surface area (Å²) >= 11 is 0. The van der Waals surface area contributed by atoms with Gasteiger partial charge in [0, 0.05) is 18.3 Å². The van der Waals surface area contributed by atoms with Crippen molar-refractivity contribution < 1.29 is 0 Å². The SMILES string of the molecule is Cc1cccc(Cn2cc(CNC(C)C)nn2)n1. The van der Waals surface area contributed by atoms with Crippen LogP contribution in [0.2, 0.25) is 0 Å². The molecule has 2 rings (SSSR count). The lowest BCUT2D eigenvalue weighted by molar-refractivity contribution is 0.580. The van der Waals surface area contributed by atoms with Crippen molar-refractivity contribution in [1.82, 2.24) is 25.3 Å². The van der Waals surface area contributed by atoms with Crippen molar-refractivity contribution >= 4 is 0 Å². The van der Waals surface area contributed by atoms with Gasteiger partial charge in [0.2, 0.25) is 0 Å². The van der Waals surface area contributed by atoms with Gasteiger partial charge in [-0.15, -0.1) is 5.10 Å². The van der Waals surface area contributed by atoms with E-state index in [0.29, 0.717) is 12.6 Å². The molecule has 2 heterocycles. The first-order valence-electron chi connectivity index (χ1n) is 6.18. The maximum absolute atomic E-state index is 4.45.